The number of allylic oxidation sites excluding steroid dienone is 18. The number of esters is 3. The van der Waals surface area contributed by atoms with E-state index in [2.05, 4.69) is 130 Å². The molecule has 67 heavy (non-hydrogen) atoms. The molecule has 0 saturated carbocycles. The molecule has 0 N–H and O–H groups in total. The Hall–Kier alpha value is -3.93. The highest BCUT2D eigenvalue weighted by Crippen LogP contribution is 2.14. The molecule has 6 heteroatoms. The number of hydrogen-bond acceptors (Lipinski definition) is 6. The third kappa shape index (κ3) is 52.9. The standard InChI is InChI=1S/C61H100O6/c1-4-7-10-13-16-19-22-25-27-29-30-32-34-37-39-42-45-48-51-54-60(63)66-57-58(67-61(64)55-52-49-46-43-40-35-24-21-18-15-12-9-6-3)56-65-59(62)53-50-47-44-41-38-36-33-31-28-26-23-20-17-14-11-8-5-2/h8,11,16-17,19-20,25-28,30,32-33,36-37,39,41,44,58H,4-7,9-10,12-15,18,21-24,29,31,34-35,38,40,42-43,45-57H2,1-3H3/b11-8-,19-16-,20-17-,27-25-,28-26-,32-30-,36-33-,39-37-,44-41-/t58-/m1/s1. The monoisotopic (exact) mass is 929 g/mol. The Labute approximate surface area is 412 Å². The van der Waals surface area contributed by atoms with Gasteiger partial charge >= 0.3 is 17.9 Å². The van der Waals surface area contributed by atoms with E-state index in [0.29, 0.717) is 19.3 Å². The molecule has 0 aromatic carbocycles. The van der Waals surface area contributed by atoms with Crippen LogP contribution in [0.2, 0.25) is 0 Å². The molecule has 0 unspecified atom stereocenters. The van der Waals surface area contributed by atoms with Crippen molar-refractivity contribution >= 4 is 17.9 Å². The van der Waals surface area contributed by atoms with Crippen LogP contribution in [0.5, 0.6) is 0 Å². The summed E-state index contributed by atoms with van der Waals surface area (Å²) < 4.78 is 16.8. The van der Waals surface area contributed by atoms with Gasteiger partial charge in [0.2, 0.25) is 0 Å². The van der Waals surface area contributed by atoms with Gasteiger partial charge in [0, 0.05) is 19.3 Å². The maximum atomic E-state index is 12.8. The lowest BCUT2D eigenvalue weighted by Crippen LogP contribution is -2.30. The van der Waals surface area contributed by atoms with Gasteiger partial charge in [-0.3, -0.25) is 14.4 Å². The number of unbranched alkanes of at least 4 members (excludes halogenated alkanes) is 19. The van der Waals surface area contributed by atoms with Crippen molar-refractivity contribution < 1.29 is 28.6 Å². The topological polar surface area (TPSA) is 78.9 Å². The zero-order valence-electron chi connectivity index (χ0n) is 43.4. The summed E-state index contributed by atoms with van der Waals surface area (Å²) in [6, 6.07) is 0. The zero-order chi connectivity index (χ0) is 48.6. The molecular weight excluding hydrogens is 829 g/mol. The van der Waals surface area contributed by atoms with E-state index in [1.54, 1.807) is 0 Å². The maximum Gasteiger partial charge on any atom is 0.306 e. The highest BCUT2D eigenvalue weighted by atomic mass is 16.6. The lowest BCUT2D eigenvalue weighted by molar-refractivity contribution is -0.167. The van der Waals surface area contributed by atoms with Gasteiger partial charge in [-0.15, -0.1) is 0 Å². The van der Waals surface area contributed by atoms with Crippen molar-refractivity contribution in [1.29, 1.82) is 0 Å². The fourth-order valence-electron chi connectivity index (χ4n) is 7.17. The SMILES string of the molecule is CC/C=C\C/C=C\C/C=C\C/C=C\C/C=C\CCCC(=O)OC[C@H](COC(=O)CCCCC/C=C\C/C=C\C/C=C\C/C=C\CCCCC)OC(=O)CCCCCCCCCCCCCCC. The summed E-state index contributed by atoms with van der Waals surface area (Å²) in [5.41, 5.74) is 0. The van der Waals surface area contributed by atoms with Gasteiger partial charge in [0.1, 0.15) is 13.2 Å². The second-order valence-corrected chi connectivity index (χ2v) is 17.8. The minimum Gasteiger partial charge on any atom is -0.462 e. The Balaban J connectivity index is 4.52. The highest BCUT2D eigenvalue weighted by Gasteiger charge is 2.19. The average Bonchev–Trinajstić information content (AvgIpc) is 3.33. The van der Waals surface area contributed by atoms with Crippen LogP contribution in [0.25, 0.3) is 0 Å². The summed E-state index contributed by atoms with van der Waals surface area (Å²) >= 11 is 0. The molecule has 0 radical (unpaired) electrons. The molecule has 0 aromatic heterocycles. The molecule has 0 heterocycles. The first-order chi connectivity index (χ1) is 33.0. The van der Waals surface area contributed by atoms with Crippen molar-refractivity contribution in [3.8, 4) is 0 Å². The Bertz CT molecular complexity index is 1390. The molecule has 0 aliphatic carbocycles. The van der Waals surface area contributed by atoms with Crippen LogP contribution >= 0.6 is 0 Å². The van der Waals surface area contributed by atoms with Gasteiger partial charge in [-0.05, 0) is 103 Å². The molecule has 0 fully saturated rings. The molecule has 1 atom stereocenters. The van der Waals surface area contributed by atoms with Crippen molar-refractivity contribution in [1.82, 2.24) is 0 Å². The number of ether oxygens (including phenoxy) is 3. The van der Waals surface area contributed by atoms with E-state index in [0.717, 1.165) is 103 Å². The van der Waals surface area contributed by atoms with Gasteiger partial charge in [0.05, 0.1) is 0 Å². The summed E-state index contributed by atoms with van der Waals surface area (Å²) in [5.74, 6) is -1.00. The summed E-state index contributed by atoms with van der Waals surface area (Å²) in [5, 5.41) is 0. The normalized spacial score (nSPS) is 12.9. The first kappa shape index (κ1) is 63.1. The Morgan fingerprint density at radius 1 is 0.313 bits per heavy atom. The molecular formula is C61H100O6. The molecule has 0 amide bonds. The average molecular weight is 929 g/mol. The second kappa shape index (κ2) is 54.7. The quantitative estimate of drug-likeness (QED) is 0.0262. The van der Waals surface area contributed by atoms with E-state index in [-0.39, 0.29) is 37.5 Å². The molecule has 0 aliphatic rings. The maximum absolute atomic E-state index is 12.8. The largest absolute Gasteiger partial charge is 0.462 e. The lowest BCUT2D eigenvalue weighted by Gasteiger charge is -2.18. The van der Waals surface area contributed by atoms with Crippen LogP contribution in [0.15, 0.2) is 109 Å². The number of hydrogen-bond donors (Lipinski definition) is 0. The van der Waals surface area contributed by atoms with Crippen molar-refractivity contribution in [2.75, 3.05) is 13.2 Å². The van der Waals surface area contributed by atoms with Gasteiger partial charge in [0.25, 0.3) is 0 Å². The van der Waals surface area contributed by atoms with Crippen LogP contribution in [0.4, 0.5) is 0 Å². The van der Waals surface area contributed by atoms with Crippen LogP contribution in [-0.4, -0.2) is 37.2 Å². The van der Waals surface area contributed by atoms with Gasteiger partial charge in [-0.1, -0.05) is 226 Å². The van der Waals surface area contributed by atoms with E-state index in [9.17, 15) is 14.4 Å². The smallest absolute Gasteiger partial charge is 0.306 e. The van der Waals surface area contributed by atoms with E-state index in [1.165, 1.54) is 89.9 Å². The summed E-state index contributed by atoms with van der Waals surface area (Å²) in [7, 11) is 0. The van der Waals surface area contributed by atoms with Crippen LogP contribution in [-0.2, 0) is 28.6 Å². The van der Waals surface area contributed by atoms with Gasteiger partial charge in [-0.2, -0.15) is 0 Å². The van der Waals surface area contributed by atoms with Crippen LogP contribution < -0.4 is 0 Å². The molecule has 0 bridgehead atoms. The third-order valence-corrected chi connectivity index (χ3v) is 11.3. The summed E-state index contributed by atoms with van der Waals surface area (Å²) in [4.78, 5) is 38.0. The molecule has 0 saturated heterocycles. The molecule has 0 aromatic rings. The first-order valence-electron chi connectivity index (χ1n) is 27.4. The summed E-state index contributed by atoms with van der Waals surface area (Å²) in [6.07, 6.45) is 73.6. The third-order valence-electron chi connectivity index (χ3n) is 11.3. The number of carbonyl (C=O) groups is 3. The second-order valence-electron chi connectivity index (χ2n) is 17.8. The van der Waals surface area contributed by atoms with Crippen LogP contribution in [0.3, 0.4) is 0 Å². The van der Waals surface area contributed by atoms with Gasteiger partial charge in [-0.25, -0.2) is 0 Å². The zero-order valence-corrected chi connectivity index (χ0v) is 43.4. The predicted molar refractivity (Wildman–Crippen MR) is 288 cm³/mol. The van der Waals surface area contributed by atoms with E-state index >= 15 is 0 Å². The fourth-order valence-corrected chi connectivity index (χ4v) is 7.17. The molecule has 380 valence electrons. The minimum atomic E-state index is -0.814. The first-order valence-corrected chi connectivity index (χ1v) is 27.4. The van der Waals surface area contributed by atoms with Crippen molar-refractivity contribution in [2.45, 2.75) is 245 Å². The van der Waals surface area contributed by atoms with Gasteiger partial charge in [0.15, 0.2) is 6.10 Å². The number of rotatable bonds is 48. The fraction of sp³-hybridized carbons (Fsp3) is 0.656. The lowest BCUT2D eigenvalue weighted by atomic mass is 10.0. The predicted octanol–water partition coefficient (Wildman–Crippen LogP) is 18.3. The van der Waals surface area contributed by atoms with Crippen molar-refractivity contribution in [3.05, 3.63) is 109 Å². The minimum absolute atomic E-state index is 0.112. The van der Waals surface area contributed by atoms with Gasteiger partial charge < -0.3 is 14.2 Å². The van der Waals surface area contributed by atoms with Crippen LogP contribution in [0, 0.1) is 0 Å². The highest BCUT2D eigenvalue weighted by molar-refractivity contribution is 5.71. The van der Waals surface area contributed by atoms with E-state index < -0.39 is 6.10 Å². The van der Waals surface area contributed by atoms with Crippen molar-refractivity contribution in [2.24, 2.45) is 0 Å². The summed E-state index contributed by atoms with van der Waals surface area (Å²) in [6.45, 7) is 6.41. The van der Waals surface area contributed by atoms with E-state index in [4.69, 9.17) is 14.2 Å². The Morgan fingerprint density at radius 2 is 0.597 bits per heavy atom. The molecule has 0 aliphatic heterocycles. The van der Waals surface area contributed by atoms with Crippen LogP contribution in [0.1, 0.15) is 239 Å². The molecule has 0 rings (SSSR count). The Morgan fingerprint density at radius 3 is 1.00 bits per heavy atom. The molecule has 0 spiro atoms. The van der Waals surface area contributed by atoms with E-state index in [1.807, 2.05) is 0 Å². The van der Waals surface area contributed by atoms with Crippen molar-refractivity contribution in [3.63, 3.8) is 0 Å². The molecule has 6 nitrogen and oxygen atoms in total. The number of carbonyl (C=O) groups excluding carboxylic acids is 3. The Kier molecular flexibility index (Phi) is 51.5.